The maximum Gasteiger partial charge on any atom is 0.227 e. The highest BCUT2D eigenvalue weighted by Crippen LogP contribution is 2.49. The molecule has 2 amide bonds. The molecule has 0 radical (unpaired) electrons. The summed E-state index contributed by atoms with van der Waals surface area (Å²) in [6, 6.07) is 10.8. The Morgan fingerprint density at radius 1 is 0.935 bits per heavy atom. The molecule has 5 rings (SSSR count). The van der Waals surface area contributed by atoms with Gasteiger partial charge in [-0.3, -0.25) is 14.5 Å². The van der Waals surface area contributed by atoms with Crippen LogP contribution >= 0.6 is 0 Å². The first kappa shape index (κ1) is 20.7. The van der Waals surface area contributed by atoms with Crippen molar-refractivity contribution in [3.63, 3.8) is 0 Å². The number of fused-ring (bicyclic) bond motifs is 2. The Morgan fingerprint density at radius 2 is 1.61 bits per heavy atom. The summed E-state index contributed by atoms with van der Waals surface area (Å²) < 4.78 is 5.40. The normalized spacial score (nSPS) is 31.2. The van der Waals surface area contributed by atoms with Crippen LogP contribution in [0.4, 0.5) is 0 Å². The number of ether oxygens (including phenoxy) is 1. The van der Waals surface area contributed by atoms with Crippen LogP contribution in [0.5, 0.6) is 0 Å². The molecule has 6 nitrogen and oxygen atoms in total. The number of hydrogen-bond acceptors (Lipinski definition) is 4. The van der Waals surface area contributed by atoms with Crippen LogP contribution in [0.2, 0.25) is 0 Å². The highest BCUT2D eigenvalue weighted by atomic mass is 16.5. The van der Waals surface area contributed by atoms with E-state index in [1.807, 2.05) is 11.0 Å². The zero-order chi connectivity index (χ0) is 21.2. The number of amides is 2. The van der Waals surface area contributed by atoms with Crippen molar-refractivity contribution in [1.82, 2.24) is 15.1 Å². The lowest BCUT2D eigenvalue weighted by molar-refractivity contribution is -0.146. The van der Waals surface area contributed by atoms with Crippen molar-refractivity contribution in [3.05, 3.63) is 48.0 Å². The van der Waals surface area contributed by atoms with E-state index in [1.165, 1.54) is 5.56 Å². The molecule has 2 saturated heterocycles. The molecule has 166 valence electrons. The Labute approximate surface area is 184 Å². The van der Waals surface area contributed by atoms with Crippen LogP contribution < -0.4 is 5.32 Å². The van der Waals surface area contributed by atoms with Crippen molar-refractivity contribution in [1.29, 1.82) is 0 Å². The third-order valence-corrected chi connectivity index (χ3v) is 7.55. The average molecular weight is 424 g/mol. The van der Waals surface area contributed by atoms with Crippen LogP contribution in [0, 0.1) is 23.7 Å². The second kappa shape index (κ2) is 9.13. The molecule has 0 aromatic heterocycles. The van der Waals surface area contributed by atoms with E-state index < -0.39 is 0 Å². The van der Waals surface area contributed by atoms with Gasteiger partial charge in [0.15, 0.2) is 0 Å². The van der Waals surface area contributed by atoms with Gasteiger partial charge < -0.3 is 15.0 Å². The maximum atomic E-state index is 13.3. The van der Waals surface area contributed by atoms with Crippen LogP contribution in [0.25, 0.3) is 0 Å². The summed E-state index contributed by atoms with van der Waals surface area (Å²) in [5.74, 6) is 0.240. The third kappa shape index (κ3) is 4.41. The van der Waals surface area contributed by atoms with Gasteiger partial charge in [0.05, 0.1) is 25.0 Å². The van der Waals surface area contributed by atoms with E-state index >= 15 is 0 Å². The predicted octanol–water partition coefficient (Wildman–Crippen LogP) is 2.06. The standard InChI is InChI=1S/C25H33N3O3/c29-24(26-21-8-10-27(11-9-21)17-18-4-2-1-3-5-18)22-19-6-7-20(16-19)23(22)25(30)28-12-14-31-15-13-28/h1-7,19-23H,8-17H2,(H,26,29). The molecule has 1 saturated carbocycles. The molecule has 3 fully saturated rings. The smallest absolute Gasteiger partial charge is 0.227 e. The van der Waals surface area contributed by atoms with Crippen molar-refractivity contribution in [2.75, 3.05) is 39.4 Å². The van der Waals surface area contributed by atoms with Gasteiger partial charge in [0, 0.05) is 38.8 Å². The molecule has 1 aromatic carbocycles. The maximum absolute atomic E-state index is 13.3. The summed E-state index contributed by atoms with van der Waals surface area (Å²) in [7, 11) is 0. The molecule has 2 aliphatic heterocycles. The van der Waals surface area contributed by atoms with Crippen LogP contribution in [0.15, 0.2) is 42.5 Å². The van der Waals surface area contributed by atoms with Crippen molar-refractivity contribution < 1.29 is 14.3 Å². The van der Waals surface area contributed by atoms with Gasteiger partial charge >= 0.3 is 0 Å². The molecule has 0 spiro atoms. The zero-order valence-electron chi connectivity index (χ0n) is 18.1. The van der Waals surface area contributed by atoms with Gasteiger partial charge in [-0.15, -0.1) is 0 Å². The van der Waals surface area contributed by atoms with E-state index in [9.17, 15) is 9.59 Å². The fraction of sp³-hybridized carbons (Fsp3) is 0.600. The quantitative estimate of drug-likeness (QED) is 0.737. The largest absolute Gasteiger partial charge is 0.378 e. The minimum Gasteiger partial charge on any atom is -0.378 e. The van der Waals surface area contributed by atoms with Gasteiger partial charge in [-0.1, -0.05) is 42.5 Å². The molecule has 1 N–H and O–H groups in total. The summed E-state index contributed by atoms with van der Waals surface area (Å²) >= 11 is 0. The number of carbonyl (C=O) groups excluding carboxylic acids is 2. The minimum atomic E-state index is -0.215. The first-order valence-electron chi connectivity index (χ1n) is 11.8. The van der Waals surface area contributed by atoms with E-state index in [1.54, 1.807) is 0 Å². The first-order chi connectivity index (χ1) is 15.2. The van der Waals surface area contributed by atoms with Gasteiger partial charge in [-0.25, -0.2) is 0 Å². The van der Waals surface area contributed by atoms with Crippen LogP contribution in [0.3, 0.4) is 0 Å². The number of nitrogens with one attached hydrogen (secondary N) is 1. The Kier molecular flexibility index (Phi) is 6.10. The minimum absolute atomic E-state index is 0.0879. The lowest BCUT2D eigenvalue weighted by Gasteiger charge is -2.36. The van der Waals surface area contributed by atoms with Crippen LogP contribution in [-0.2, 0) is 20.9 Å². The zero-order valence-corrected chi connectivity index (χ0v) is 18.1. The molecule has 4 unspecified atom stereocenters. The number of benzene rings is 1. The van der Waals surface area contributed by atoms with Crippen molar-refractivity contribution in [2.45, 2.75) is 31.8 Å². The number of piperidine rings is 1. The SMILES string of the molecule is O=C(NC1CCN(Cc2ccccc2)CC1)C1C2C=CC(C2)C1C(=O)N1CCOCC1. The van der Waals surface area contributed by atoms with E-state index in [0.29, 0.717) is 26.3 Å². The summed E-state index contributed by atoms with van der Waals surface area (Å²) in [6.45, 7) is 5.44. The Balaban J connectivity index is 1.17. The summed E-state index contributed by atoms with van der Waals surface area (Å²) in [6.07, 6.45) is 7.21. The lowest BCUT2D eigenvalue weighted by Crippen LogP contribution is -2.51. The van der Waals surface area contributed by atoms with Crippen LogP contribution in [0.1, 0.15) is 24.8 Å². The molecular weight excluding hydrogens is 390 g/mol. The predicted molar refractivity (Wildman–Crippen MR) is 118 cm³/mol. The lowest BCUT2D eigenvalue weighted by atomic mass is 9.81. The number of allylic oxidation sites excluding steroid dienone is 2. The van der Waals surface area contributed by atoms with E-state index in [0.717, 1.165) is 38.9 Å². The Bertz CT molecular complexity index is 813. The van der Waals surface area contributed by atoms with Crippen molar-refractivity contribution in [2.24, 2.45) is 23.7 Å². The molecule has 2 aliphatic carbocycles. The summed E-state index contributed by atoms with van der Waals surface area (Å²) in [5.41, 5.74) is 1.34. The van der Waals surface area contributed by atoms with E-state index in [-0.39, 0.29) is 41.5 Å². The highest BCUT2D eigenvalue weighted by Gasteiger charge is 2.52. The molecule has 2 bridgehead atoms. The number of hydrogen-bond donors (Lipinski definition) is 1. The van der Waals surface area contributed by atoms with E-state index in [4.69, 9.17) is 4.74 Å². The molecule has 2 heterocycles. The molecular formula is C25H33N3O3. The fourth-order valence-corrected chi connectivity index (χ4v) is 5.89. The van der Waals surface area contributed by atoms with Gasteiger partial charge in [-0.05, 0) is 36.7 Å². The number of rotatable bonds is 5. The third-order valence-electron chi connectivity index (χ3n) is 7.55. The second-order valence-corrected chi connectivity index (χ2v) is 9.48. The van der Waals surface area contributed by atoms with Crippen LogP contribution in [-0.4, -0.2) is 67.0 Å². The topological polar surface area (TPSA) is 61.9 Å². The average Bonchev–Trinajstić information content (AvgIpc) is 3.43. The van der Waals surface area contributed by atoms with Crippen molar-refractivity contribution in [3.8, 4) is 0 Å². The van der Waals surface area contributed by atoms with E-state index in [2.05, 4.69) is 46.6 Å². The number of carbonyl (C=O) groups is 2. The Morgan fingerprint density at radius 3 is 2.32 bits per heavy atom. The number of morpholine rings is 1. The van der Waals surface area contributed by atoms with Gasteiger partial charge in [0.2, 0.25) is 11.8 Å². The number of likely N-dealkylation sites (tertiary alicyclic amines) is 1. The molecule has 31 heavy (non-hydrogen) atoms. The molecule has 4 aliphatic rings. The fourth-order valence-electron chi connectivity index (χ4n) is 5.89. The number of nitrogens with zero attached hydrogens (tertiary/aromatic N) is 2. The molecule has 4 atom stereocenters. The first-order valence-corrected chi connectivity index (χ1v) is 11.8. The second-order valence-electron chi connectivity index (χ2n) is 9.48. The van der Waals surface area contributed by atoms with Crippen molar-refractivity contribution >= 4 is 11.8 Å². The monoisotopic (exact) mass is 423 g/mol. The van der Waals surface area contributed by atoms with Gasteiger partial charge in [-0.2, -0.15) is 0 Å². The molecule has 1 aromatic rings. The highest BCUT2D eigenvalue weighted by molar-refractivity contribution is 5.90. The molecule has 6 heteroatoms. The van der Waals surface area contributed by atoms with Gasteiger partial charge in [0.1, 0.15) is 0 Å². The Hall–Kier alpha value is -2.18. The summed E-state index contributed by atoms with van der Waals surface area (Å²) in [5, 5.41) is 3.32. The summed E-state index contributed by atoms with van der Waals surface area (Å²) in [4.78, 5) is 31.0. The van der Waals surface area contributed by atoms with Gasteiger partial charge in [0.25, 0.3) is 0 Å².